The molecule has 0 aliphatic rings. The lowest BCUT2D eigenvalue weighted by molar-refractivity contribution is -0.142. The fourth-order valence-corrected chi connectivity index (χ4v) is 1.31. The van der Waals surface area contributed by atoms with Gasteiger partial charge in [-0.25, -0.2) is 0 Å². The molecule has 1 rings (SSSR count). The van der Waals surface area contributed by atoms with Crippen LogP contribution in [0.25, 0.3) is 0 Å². The standard InChI is InChI=1S/C12H16O3/c1-8-5-4-6-9(2)11(8)15-7-10(3)12(13)14/h4-6,10H,7H2,1-3H3,(H,13,14). The van der Waals surface area contributed by atoms with Crippen molar-refractivity contribution in [3.63, 3.8) is 0 Å². The molecule has 0 bridgehead atoms. The molecule has 15 heavy (non-hydrogen) atoms. The van der Waals surface area contributed by atoms with Crippen molar-refractivity contribution < 1.29 is 14.6 Å². The van der Waals surface area contributed by atoms with Gasteiger partial charge >= 0.3 is 5.97 Å². The first-order chi connectivity index (χ1) is 7.02. The zero-order valence-corrected chi connectivity index (χ0v) is 9.28. The molecule has 3 heteroatoms. The van der Waals surface area contributed by atoms with E-state index in [1.165, 1.54) is 0 Å². The lowest BCUT2D eigenvalue weighted by Crippen LogP contribution is -2.18. The lowest BCUT2D eigenvalue weighted by atomic mass is 10.1. The molecule has 1 aromatic carbocycles. The van der Waals surface area contributed by atoms with E-state index in [4.69, 9.17) is 9.84 Å². The summed E-state index contributed by atoms with van der Waals surface area (Å²) < 4.78 is 5.51. The second-order valence-corrected chi connectivity index (χ2v) is 3.77. The third-order valence-corrected chi connectivity index (χ3v) is 2.31. The molecular weight excluding hydrogens is 192 g/mol. The zero-order chi connectivity index (χ0) is 11.4. The van der Waals surface area contributed by atoms with E-state index >= 15 is 0 Å². The highest BCUT2D eigenvalue weighted by Gasteiger charge is 2.12. The molecule has 1 N–H and O–H groups in total. The van der Waals surface area contributed by atoms with Crippen LogP contribution in [0.15, 0.2) is 18.2 Å². The van der Waals surface area contributed by atoms with Gasteiger partial charge in [0.05, 0.1) is 5.92 Å². The summed E-state index contributed by atoms with van der Waals surface area (Å²) in [6.07, 6.45) is 0. The highest BCUT2D eigenvalue weighted by Crippen LogP contribution is 2.22. The van der Waals surface area contributed by atoms with Gasteiger partial charge in [0, 0.05) is 0 Å². The monoisotopic (exact) mass is 208 g/mol. The second kappa shape index (κ2) is 4.82. The molecule has 0 amide bonds. The van der Waals surface area contributed by atoms with E-state index in [1.807, 2.05) is 32.0 Å². The number of hydrogen-bond acceptors (Lipinski definition) is 2. The Balaban J connectivity index is 2.69. The van der Waals surface area contributed by atoms with E-state index in [-0.39, 0.29) is 6.61 Å². The number of carboxylic acid groups (broad SMARTS) is 1. The summed E-state index contributed by atoms with van der Waals surface area (Å²) in [5.41, 5.74) is 2.07. The normalized spacial score (nSPS) is 12.2. The second-order valence-electron chi connectivity index (χ2n) is 3.77. The minimum Gasteiger partial charge on any atom is -0.492 e. The maximum atomic E-state index is 10.6. The van der Waals surface area contributed by atoms with Crippen LogP contribution in [0, 0.1) is 19.8 Å². The van der Waals surface area contributed by atoms with Crippen molar-refractivity contribution >= 4 is 5.97 Å². The highest BCUT2D eigenvalue weighted by molar-refractivity contribution is 5.69. The van der Waals surface area contributed by atoms with Gasteiger partial charge in [-0.05, 0) is 31.9 Å². The summed E-state index contributed by atoms with van der Waals surface area (Å²) >= 11 is 0. The van der Waals surface area contributed by atoms with Gasteiger partial charge in [0.15, 0.2) is 0 Å². The Kier molecular flexibility index (Phi) is 3.72. The van der Waals surface area contributed by atoms with E-state index in [0.29, 0.717) is 0 Å². The van der Waals surface area contributed by atoms with Crippen LogP contribution in [0.5, 0.6) is 5.75 Å². The number of aliphatic carboxylic acids is 1. The number of para-hydroxylation sites is 1. The van der Waals surface area contributed by atoms with Crippen molar-refractivity contribution in [2.24, 2.45) is 5.92 Å². The number of hydrogen-bond donors (Lipinski definition) is 1. The van der Waals surface area contributed by atoms with Crippen LogP contribution in [0.4, 0.5) is 0 Å². The van der Waals surface area contributed by atoms with E-state index in [0.717, 1.165) is 16.9 Å². The van der Waals surface area contributed by atoms with E-state index in [2.05, 4.69) is 0 Å². The molecule has 0 heterocycles. The summed E-state index contributed by atoms with van der Waals surface area (Å²) in [5.74, 6) is -0.518. The van der Waals surface area contributed by atoms with Crippen LogP contribution < -0.4 is 4.74 Å². The largest absolute Gasteiger partial charge is 0.492 e. The third-order valence-electron chi connectivity index (χ3n) is 2.31. The quantitative estimate of drug-likeness (QED) is 0.826. The van der Waals surface area contributed by atoms with E-state index < -0.39 is 11.9 Å². The molecule has 3 nitrogen and oxygen atoms in total. The van der Waals surface area contributed by atoms with Crippen molar-refractivity contribution in [2.45, 2.75) is 20.8 Å². The summed E-state index contributed by atoms with van der Waals surface area (Å²) in [5, 5.41) is 8.72. The molecule has 82 valence electrons. The van der Waals surface area contributed by atoms with Crippen molar-refractivity contribution in [3.8, 4) is 5.75 Å². The number of aryl methyl sites for hydroxylation is 2. The first-order valence-electron chi connectivity index (χ1n) is 4.94. The Morgan fingerprint density at radius 3 is 2.40 bits per heavy atom. The van der Waals surface area contributed by atoms with Gasteiger partial charge in [0.25, 0.3) is 0 Å². The first kappa shape index (κ1) is 11.6. The molecule has 0 aliphatic heterocycles. The molecule has 1 atom stereocenters. The number of carboxylic acids is 1. The van der Waals surface area contributed by atoms with Gasteiger partial charge in [0.2, 0.25) is 0 Å². The molecule has 0 spiro atoms. The van der Waals surface area contributed by atoms with Crippen molar-refractivity contribution in [1.82, 2.24) is 0 Å². The molecule has 0 fully saturated rings. The van der Waals surface area contributed by atoms with Crippen molar-refractivity contribution in [3.05, 3.63) is 29.3 Å². The van der Waals surface area contributed by atoms with Gasteiger partial charge in [0.1, 0.15) is 12.4 Å². The lowest BCUT2D eigenvalue weighted by Gasteiger charge is -2.13. The summed E-state index contributed by atoms with van der Waals surface area (Å²) in [4.78, 5) is 10.6. The fraction of sp³-hybridized carbons (Fsp3) is 0.417. The SMILES string of the molecule is Cc1cccc(C)c1OCC(C)C(=O)O. The topological polar surface area (TPSA) is 46.5 Å². The van der Waals surface area contributed by atoms with Gasteiger partial charge in [-0.3, -0.25) is 4.79 Å². The summed E-state index contributed by atoms with van der Waals surface area (Å²) in [7, 11) is 0. The van der Waals surface area contributed by atoms with Gasteiger partial charge < -0.3 is 9.84 Å². The van der Waals surface area contributed by atoms with E-state index in [1.54, 1.807) is 6.92 Å². The fourth-order valence-electron chi connectivity index (χ4n) is 1.31. The average molecular weight is 208 g/mol. The Bertz CT molecular complexity index is 338. The van der Waals surface area contributed by atoms with Crippen LogP contribution in [-0.4, -0.2) is 17.7 Å². The first-order valence-corrected chi connectivity index (χ1v) is 4.94. The molecule has 1 unspecified atom stereocenters. The maximum Gasteiger partial charge on any atom is 0.309 e. The Morgan fingerprint density at radius 1 is 1.40 bits per heavy atom. The van der Waals surface area contributed by atoms with Crippen LogP contribution in [0.2, 0.25) is 0 Å². The minimum absolute atomic E-state index is 0.209. The summed E-state index contributed by atoms with van der Waals surface area (Å²) in [6, 6.07) is 5.86. The molecule has 0 radical (unpaired) electrons. The molecule has 0 saturated heterocycles. The van der Waals surface area contributed by atoms with Crippen LogP contribution in [-0.2, 0) is 4.79 Å². The van der Waals surface area contributed by atoms with E-state index in [9.17, 15) is 4.79 Å². The van der Waals surface area contributed by atoms with Crippen LogP contribution >= 0.6 is 0 Å². The minimum atomic E-state index is -0.832. The predicted octanol–water partition coefficient (Wildman–Crippen LogP) is 2.40. The molecule has 1 aromatic rings. The third kappa shape index (κ3) is 2.98. The highest BCUT2D eigenvalue weighted by atomic mass is 16.5. The van der Waals surface area contributed by atoms with Crippen LogP contribution in [0.1, 0.15) is 18.1 Å². The molecule has 0 saturated carbocycles. The Morgan fingerprint density at radius 2 is 1.93 bits per heavy atom. The number of benzene rings is 1. The zero-order valence-electron chi connectivity index (χ0n) is 9.28. The van der Waals surface area contributed by atoms with Gasteiger partial charge in [-0.2, -0.15) is 0 Å². The van der Waals surface area contributed by atoms with Crippen molar-refractivity contribution in [2.75, 3.05) is 6.61 Å². The summed E-state index contributed by atoms with van der Waals surface area (Å²) in [6.45, 7) is 5.75. The number of rotatable bonds is 4. The molecule has 0 aromatic heterocycles. The van der Waals surface area contributed by atoms with Gasteiger partial charge in [-0.1, -0.05) is 18.2 Å². The Labute approximate surface area is 89.7 Å². The average Bonchev–Trinajstić information content (AvgIpc) is 2.16. The van der Waals surface area contributed by atoms with Crippen LogP contribution in [0.3, 0.4) is 0 Å². The number of carbonyl (C=O) groups is 1. The molecular formula is C12H16O3. The van der Waals surface area contributed by atoms with Gasteiger partial charge in [-0.15, -0.1) is 0 Å². The predicted molar refractivity (Wildman–Crippen MR) is 58.2 cm³/mol. The molecule has 0 aliphatic carbocycles. The maximum absolute atomic E-state index is 10.6. The van der Waals surface area contributed by atoms with Crippen molar-refractivity contribution in [1.29, 1.82) is 0 Å². The Hall–Kier alpha value is -1.51. The number of ether oxygens (including phenoxy) is 1. The smallest absolute Gasteiger partial charge is 0.309 e.